The number of nitriles is 1. The number of rotatable bonds is 4. The van der Waals surface area contributed by atoms with Crippen LogP contribution in [0.2, 0.25) is 0 Å². The van der Waals surface area contributed by atoms with Gasteiger partial charge in [0.2, 0.25) is 5.91 Å². The molecule has 0 N–H and O–H groups in total. The summed E-state index contributed by atoms with van der Waals surface area (Å²) in [5.41, 5.74) is 0.677. The quantitative estimate of drug-likeness (QED) is 0.799. The second kappa shape index (κ2) is 6.89. The summed E-state index contributed by atoms with van der Waals surface area (Å²) in [7, 11) is 1.64. The summed E-state index contributed by atoms with van der Waals surface area (Å²) in [5, 5.41) is 8.73. The molecular formula is C16H20N2O3. The summed E-state index contributed by atoms with van der Waals surface area (Å²) >= 11 is 0. The first-order chi connectivity index (χ1) is 9.73. The molecule has 0 aliphatic carbocycles. The van der Waals surface area contributed by atoms with E-state index in [0.29, 0.717) is 11.3 Å². The molecule has 1 rings (SSSR count). The van der Waals surface area contributed by atoms with Crippen LogP contribution in [0.5, 0.6) is 0 Å². The summed E-state index contributed by atoms with van der Waals surface area (Å²) in [6, 6.07) is 8.71. The lowest BCUT2D eigenvalue weighted by atomic mass is 10.2. The summed E-state index contributed by atoms with van der Waals surface area (Å²) in [6.07, 6.45) is 0.141. The van der Waals surface area contributed by atoms with Gasteiger partial charge < -0.3 is 9.64 Å². The molecule has 21 heavy (non-hydrogen) atoms. The normalized spacial score (nSPS) is 10.6. The van der Waals surface area contributed by atoms with Crippen molar-refractivity contribution in [3.63, 3.8) is 0 Å². The Morgan fingerprint density at radius 2 is 1.76 bits per heavy atom. The average Bonchev–Trinajstić information content (AvgIpc) is 2.42. The molecule has 0 saturated carbocycles. The standard InChI is InChI=1S/C16H20N2O3/c1-16(2,3)21-15(20)10-9-14(19)18(4)13-7-5-12(11-17)6-8-13/h5-8H,9-10H2,1-4H3. The summed E-state index contributed by atoms with van der Waals surface area (Å²) < 4.78 is 5.16. The van der Waals surface area contributed by atoms with Crippen LogP contribution >= 0.6 is 0 Å². The van der Waals surface area contributed by atoms with Crippen molar-refractivity contribution in [1.82, 2.24) is 0 Å². The molecule has 112 valence electrons. The van der Waals surface area contributed by atoms with Crippen LogP contribution in [-0.2, 0) is 14.3 Å². The molecule has 0 radical (unpaired) electrons. The Morgan fingerprint density at radius 3 is 2.24 bits per heavy atom. The lowest BCUT2D eigenvalue weighted by Gasteiger charge is -2.20. The van der Waals surface area contributed by atoms with Gasteiger partial charge in [-0.15, -0.1) is 0 Å². The lowest BCUT2D eigenvalue weighted by Crippen LogP contribution is -2.28. The van der Waals surface area contributed by atoms with Crippen LogP contribution in [0, 0.1) is 11.3 Å². The molecule has 0 fully saturated rings. The van der Waals surface area contributed by atoms with Gasteiger partial charge in [0.25, 0.3) is 0 Å². The van der Waals surface area contributed by atoms with Crippen LogP contribution in [0.3, 0.4) is 0 Å². The predicted octanol–water partition coefficient (Wildman–Crippen LogP) is 2.64. The summed E-state index contributed by atoms with van der Waals surface area (Å²) in [6.45, 7) is 5.36. The fourth-order valence-corrected chi connectivity index (χ4v) is 1.67. The van der Waals surface area contributed by atoms with E-state index in [2.05, 4.69) is 0 Å². The van der Waals surface area contributed by atoms with Crippen LogP contribution in [0.25, 0.3) is 0 Å². The van der Waals surface area contributed by atoms with Gasteiger partial charge in [-0.3, -0.25) is 9.59 Å². The fraction of sp³-hybridized carbons (Fsp3) is 0.438. The zero-order valence-corrected chi connectivity index (χ0v) is 12.8. The third kappa shape index (κ3) is 5.65. The number of anilines is 1. The van der Waals surface area contributed by atoms with Crippen molar-refractivity contribution < 1.29 is 14.3 Å². The molecule has 0 heterocycles. The average molecular weight is 288 g/mol. The first kappa shape index (κ1) is 16.7. The van der Waals surface area contributed by atoms with Crippen LogP contribution in [0.4, 0.5) is 5.69 Å². The van der Waals surface area contributed by atoms with Crippen molar-refractivity contribution in [3.05, 3.63) is 29.8 Å². The number of benzene rings is 1. The highest BCUT2D eigenvalue weighted by Crippen LogP contribution is 2.15. The number of esters is 1. The SMILES string of the molecule is CN(C(=O)CCC(=O)OC(C)(C)C)c1ccc(C#N)cc1. The fourth-order valence-electron chi connectivity index (χ4n) is 1.67. The van der Waals surface area contributed by atoms with Crippen molar-refractivity contribution in [2.45, 2.75) is 39.2 Å². The molecule has 0 aliphatic heterocycles. The molecule has 0 aliphatic rings. The Labute approximate surface area is 125 Å². The van der Waals surface area contributed by atoms with Gasteiger partial charge in [-0.25, -0.2) is 0 Å². The lowest BCUT2D eigenvalue weighted by molar-refractivity contribution is -0.155. The van der Waals surface area contributed by atoms with E-state index in [1.54, 1.807) is 52.1 Å². The molecule has 5 heteroatoms. The minimum absolute atomic E-state index is 0.0523. The Kier molecular flexibility index (Phi) is 5.48. The largest absolute Gasteiger partial charge is 0.460 e. The van der Waals surface area contributed by atoms with E-state index in [9.17, 15) is 9.59 Å². The third-order valence-electron chi connectivity index (χ3n) is 2.72. The van der Waals surface area contributed by atoms with Gasteiger partial charge in [0.15, 0.2) is 0 Å². The van der Waals surface area contributed by atoms with Crippen molar-refractivity contribution in [1.29, 1.82) is 5.26 Å². The van der Waals surface area contributed by atoms with E-state index < -0.39 is 5.60 Å². The summed E-state index contributed by atoms with van der Waals surface area (Å²) in [4.78, 5) is 25.1. The monoisotopic (exact) mass is 288 g/mol. The number of nitrogens with zero attached hydrogens (tertiary/aromatic N) is 2. The molecule has 0 saturated heterocycles. The Balaban J connectivity index is 2.55. The van der Waals surface area contributed by atoms with Gasteiger partial charge in [0.1, 0.15) is 5.60 Å². The number of carbonyl (C=O) groups excluding carboxylic acids is 2. The first-order valence-corrected chi connectivity index (χ1v) is 6.71. The van der Waals surface area contributed by atoms with Crippen molar-refractivity contribution >= 4 is 17.6 Å². The van der Waals surface area contributed by atoms with Crippen molar-refractivity contribution in [2.24, 2.45) is 0 Å². The highest BCUT2D eigenvalue weighted by Gasteiger charge is 2.18. The van der Waals surface area contributed by atoms with Crippen molar-refractivity contribution in [2.75, 3.05) is 11.9 Å². The molecule has 1 aromatic carbocycles. The second-order valence-electron chi connectivity index (χ2n) is 5.70. The van der Waals surface area contributed by atoms with E-state index in [1.807, 2.05) is 6.07 Å². The van der Waals surface area contributed by atoms with Crippen molar-refractivity contribution in [3.8, 4) is 6.07 Å². The smallest absolute Gasteiger partial charge is 0.306 e. The van der Waals surface area contributed by atoms with Crippen LogP contribution in [0.1, 0.15) is 39.2 Å². The van der Waals surface area contributed by atoms with Gasteiger partial charge in [-0.1, -0.05) is 0 Å². The van der Waals surface area contributed by atoms with E-state index >= 15 is 0 Å². The molecule has 0 unspecified atom stereocenters. The van der Waals surface area contributed by atoms with Gasteiger partial charge >= 0.3 is 5.97 Å². The minimum atomic E-state index is -0.543. The molecule has 0 spiro atoms. The molecule has 0 atom stereocenters. The Morgan fingerprint density at radius 1 is 1.19 bits per heavy atom. The van der Waals surface area contributed by atoms with Crippen LogP contribution < -0.4 is 4.90 Å². The second-order valence-corrected chi connectivity index (χ2v) is 5.70. The zero-order chi connectivity index (χ0) is 16.0. The number of carbonyl (C=O) groups is 2. The predicted molar refractivity (Wildman–Crippen MR) is 79.6 cm³/mol. The maximum Gasteiger partial charge on any atom is 0.306 e. The van der Waals surface area contributed by atoms with Gasteiger partial charge in [0.05, 0.1) is 18.1 Å². The zero-order valence-electron chi connectivity index (χ0n) is 12.8. The van der Waals surface area contributed by atoms with E-state index in [1.165, 1.54) is 4.90 Å². The Hall–Kier alpha value is -2.35. The van der Waals surface area contributed by atoms with E-state index in [4.69, 9.17) is 10.00 Å². The van der Waals surface area contributed by atoms with E-state index in [-0.39, 0.29) is 24.7 Å². The summed E-state index contributed by atoms with van der Waals surface area (Å²) in [5.74, 6) is -0.561. The van der Waals surface area contributed by atoms with Crippen LogP contribution in [0.15, 0.2) is 24.3 Å². The Bertz CT molecular complexity index is 550. The van der Waals surface area contributed by atoms with Gasteiger partial charge in [-0.05, 0) is 45.0 Å². The molecule has 1 amide bonds. The van der Waals surface area contributed by atoms with E-state index in [0.717, 1.165) is 0 Å². The highest BCUT2D eigenvalue weighted by molar-refractivity contribution is 5.94. The third-order valence-corrected chi connectivity index (χ3v) is 2.72. The molecule has 1 aromatic rings. The maximum atomic E-state index is 12.0. The molecule has 0 aromatic heterocycles. The molecular weight excluding hydrogens is 268 g/mol. The maximum absolute atomic E-state index is 12.0. The van der Waals surface area contributed by atoms with Gasteiger partial charge in [-0.2, -0.15) is 5.26 Å². The molecule has 5 nitrogen and oxygen atoms in total. The number of hydrogen-bond acceptors (Lipinski definition) is 4. The number of ether oxygens (including phenoxy) is 1. The van der Waals surface area contributed by atoms with Crippen LogP contribution in [-0.4, -0.2) is 24.5 Å². The minimum Gasteiger partial charge on any atom is -0.460 e. The van der Waals surface area contributed by atoms with Gasteiger partial charge in [0, 0.05) is 19.2 Å². The topological polar surface area (TPSA) is 70.4 Å². The molecule has 0 bridgehead atoms. The highest BCUT2D eigenvalue weighted by atomic mass is 16.6. The number of hydrogen-bond donors (Lipinski definition) is 0. The first-order valence-electron chi connectivity index (χ1n) is 6.71. The number of amides is 1.